The molecule has 1 aliphatic rings. The molecule has 0 atom stereocenters. The Morgan fingerprint density at radius 1 is 1.47 bits per heavy atom. The maximum Gasteiger partial charge on any atom is 0.261 e. The third-order valence-electron chi connectivity index (χ3n) is 3.03. The van der Waals surface area contributed by atoms with E-state index in [0.29, 0.717) is 22.4 Å². The standard InChI is InChI=1S/C13H14N4OS/c1-14-11-9(3-2-6-15-11)12(18)17-13-16-10(7-19-13)8-4-5-8/h2-3,6-8H,4-5H2,1H3,(H,14,15)(H,16,17,18). The van der Waals surface area contributed by atoms with Crippen LogP contribution in [0.25, 0.3) is 0 Å². The fourth-order valence-corrected chi connectivity index (χ4v) is 2.65. The second-order valence-electron chi connectivity index (χ2n) is 4.46. The van der Waals surface area contributed by atoms with Gasteiger partial charge in [0.25, 0.3) is 5.91 Å². The van der Waals surface area contributed by atoms with Crippen molar-refractivity contribution in [3.8, 4) is 0 Å². The highest BCUT2D eigenvalue weighted by molar-refractivity contribution is 7.14. The number of carbonyl (C=O) groups excluding carboxylic acids is 1. The maximum atomic E-state index is 12.2. The maximum absolute atomic E-state index is 12.2. The van der Waals surface area contributed by atoms with Crippen LogP contribution < -0.4 is 10.6 Å². The van der Waals surface area contributed by atoms with Crippen LogP contribution in [0, 0.1) is 0 Å². The van der Waals surface area contributed by atoms with Crippen molar-refractivity contribution < 1.29 is 4.79 Å². The van der Waals surface area contributed by atoms with Crippen molar-refractivity contribution in [2.75, 3.05) is 17.7 Å². The van der Waals surface area contributed by atoms with Crippen LogP contribution in [0.3, 0.4) is 0 Å². The van der Waals surface area contributed by atoms with Crippen LogP contribution >= 0.6 is 11.3 Å². The average molecular weight is 274 g/mol. The van der Waals surface area contributed by atoms with E-state index in [2.05, 4.69) is 20.6 Å². The molecule has 0 spiro atoms. The van der Waals surface area contributed by atoms with Gasteiger partial charge in [-0.15, -0.1) is 11.3 Å². The summed E-state index contributed by atoms with van der Waals surface area (Å²) in [5.41, 5.74) is 1.62. The third-order valence-corrected chi connectivity index (χ3v) is 3.80. The zero-order valence-corrected chi connectivity index (χ0v) is 11.3. The summed E-state index contributed by atoms with van der Waals surface area (Å²) in [7, 11) is 1.74. The predicted octanol–water partition coefficient (Wildman–Crippen LogP) is 2.71. The smallest absolute Gasteiger partial charge is 0.261 e. The number of nitrogens with one attached hydrogen (secondary N) is 2. The lowest BCUT2D eigenvalue weighted by molar-refractivity contribution is 0.102. The van der Waals surface area contributed by atoms with Crippen LogP contribution in [0.2, 0.25) is 0 Å². The molecule has 3 rings (SSSR count). The van der Waals surface area contributed by atoms with Gasteiger partial charge < -0.3 is 5.32 Å². The molecular weight excluding hydrogens is 260 g/mol. The molecule has 2 aromatic heterocycles. The van der Waals surface area contributed by atoms with Crippen molar-refractivity contribution in [1.29, 1.82) is 0 Å². The Kier molecular flexibility index (Phi) is 3.16. The molecule has 0 aromatic carbocycles. The number of hydrogen-bond acceptors (Lipinski definition) is 5. The van der Waals surface area contributed by atoms with Gasteiger partial charge in [0.05, 0.1) is 11.3 Å². The minimum atomic E-state index is -0.186. The fraction of sp³-hybridized carbons (Fsp3) is 0.308. The number of aromatic nitrogens is 2. The summed E-state index contributed by atoms with van der Waals surface area (Å²) in [5, 5.41) is 8.41. The minimum Gasteiger partial charge on any atom is -0.372 e. The first-order chi connectivity index (χ1) is 9.28. The van der Waals surface area contributed by atoms with Crippen LogP contribution in [-0.4, -0.2) is 22.9 Å². The van der Waals surface area contributed by atoms with E-state index < -0.39 is 0 Å². The van der Waals surface area contributed by atoms with Gasteiger partial charge in [-0.3, -0.25) is 10.1 Å². The van der Waals surface area contributed by atoms with Gasteiger partial charge in [0.2, 0.25) is 0 Å². The molecule has 0 radical (unpaired) electrons. The molecule has 2 heterocycles. The number of hydrogen-bond donors (Lipinski definition) is 2. The van der Waals surface area contributed by atoms with Gasteiger partial charge in [-0.2, -0.15) is 0 Å². The van der Waals surface area contributed by atoms with Crippen LogP contribution in [-0.2, 0) is 0 Å². The Bertz CT molecular complexity index is 606. The van der Waals surface area contributed by atoms with Crippen LogP contribution in [0.4, 0.5) is 10.9 Å². The van der Waals surface area contributed by atoms with Crippen LogP contribution in [0.5, 0.6) is 0 Å². The first-order valence-electron chi connectivity index (χ1n) is 6.17. The van der Waals surface area contributed by atoms with Gasteiger partial charge in [0.1, 0.15) is 5.82 Å². The summed E-state index contributed by atoms with van der Waals surface area (Å²) in [6.45, 7) is 0. The van der Waals surface area contributed by atoms with E-state index in [9.17, 15) is 4.79 Å². The number of rotatable bonds is 4. The summed E-state index contributed by atoms with van der Waals surface area (Å²) < 4.78 is 0. The second kappa shape index (κ2) is 4.97. The van der Waals surface area contributed by atoms with Gasteiger partial charge in [0.15, 0.2) is 5.13 Å². The van der Waals surface area contributed by atoms with Gasteiger partial charge in [0, 0.05) is 24.5 Å². The highest BCUT2D eigenvalue weighted by Gasteiger charge is 2.26. The van der Waals surface area contributed by atoms with Crippen molar-refractivity contribution in [1.82, 2.24) is 9.97 Å². The largest absolute Gasteiger partial charge is 0.372 e. The van der Waals surface area contributed by atoms with Crippen LogP contribution in [0.1, 0.15) is 34.8 Å². The molecule has 2 N–H and O–H groups in total. The molecule has 2 aromatic rings. The summed E-state index contributed by atoms with van der Waals surface area (Å²) in [4.78, 5) is 20.7. The lowest BCUT2D eigenvalue weighted by Gasteiger charge is -2.06. The monoisotopic (exact) mass is 274 g/mol. The van der Waals surface area contributed by atoms with E-state index in [0.717, 1.165) is 5.69 Å². The third kappa shape index (κ3) is 2.58. The SMILES string of the molecule is CNc1ncccc1C(=O)Nc1nc(C2CC2)cs1. The summed E-state index contributed by atoms with van der Waals surface area (Å²) in [6.07, 6.45) is 4.07. The first-order valence-corrected chi connectivity index (χ1v) is 7.05. The van der Waals surface area contributed by atoms with Crippen molar-refractivity contribution in [3.63, 3.8) is 0 Å². The van der Waals surface area contributed by atoms with E-state index in [1.807, 2.05) is 5.38 Å². The zero-order chi connectivity index (χ0) is 13.2. The van der Waals surface area contributed by atoms with Gasteiger partial charge >= 0.3 is 0 Å². The Morgan fingerprint density at radius 2 is 2.32 bits per heavy atom. The average Bonchev–Trinajstić information content (AvgIpc) is 3.19. The molecule has 0 unspecified atom stereocenters. The quantitative estimate of drug-likeness (QED) is 0.899. The van der Waals surface area contributed by atoms with Crippen LogP contribution in [0.15, 0.2) is 23.7 Å². The molecule has 0 saturated heterocycles. The fourth-order valence-electron chi connectivity index (χ4n) is 1.86. The highest BCUT2D eigenvalue weighted by atomic mass is 32.1. The molecule has 0 bridgehead atoms. The van der Waals surface area contributed by atoms with E-state index in [-0.39, 0.29) is 5.91 Å². The molecule has 98 valence electrons. The van der Waals surface area contributed by atoms with Gasteiger partial charge in [-0.25, -0.2) is 9.97 Å². The van der Waals surface area contributed by atoms with E-state index in [1.165, 1.54) is 24.2 Å². The molecule has 1 saturated carbocycles. The van der Waals surface area contributed by atoms with E-state index >= 15 is 0 Å². The Morgan fingerprint density at radius 3 is 3.05 bits per heavy atom. The molecule has 1 aliphatic carbocycles. The van der Waals surface area contributed by atoms with Gasteiger partial charge in [-0.05, 0) is 25.0 Å². The Balaban J connectivity index is 1.76. The first kappa shape index (κ1) is 12.1. The summed E-state index contributed by atoms with van der Waals surface area (Å²) in [5.74, 6) is 0.987. The van der Waals surface area contributed by atoms with Crippen molar-refractivity contribution in [3.05, 3.63) is 35.0 Å². The Hall–Kier alpha value is -1.95. The zero-order valence-electron chi connectivity index (χ0n) is 10.5. The molecular formula is C13H14N4OS. The molecule has 1 amide bonds. The summed E-state index contributed by atoms with van der Waals surface area (Å²) in [6, 6.07) is 3.48. The molecule has 6 heteroatoms. The van der Waals surface area contributed by atoms with Crippen molar-refractivity contribution >= 4 is 28.2 Å². The lowest BCUT2D eigenvalue weighted by atomic mass is 10.2. The highest BCUT2D eigenvalue weighted by Crippen LogP contribution is 2.40. The Labute approximate surface area is 115 Å². The molecule has 5 nitrogen and oxygen atoms in total. The second-order valence-corrected chi connectivity index (χ2v) is 5.31. The molecule has 1 fully saturated rings. The number of anilines is 2. The van der Waals surface area contributed by atoms with E-state index in [1.54, 1.807) is 25.4 Å². The molecule has 19 heavy (non-hydrogen) atoms. The van der Waals surface area contributed by atoms with Gasteiger partial charge in [-0.1, -0.05) is 0 Å². The number of nitrogens with zero attached hydrogens (tertiary/aromatic N) is 2. The topological polar surface area (TPSA) is 66.9 Å². The summed E-state index contributed by atoms with van der Waals surface area (Å²) >= 11 is 1.47. The normalized spacial score (nSPS) is 14.2. The number of amides is 1. The van der Waals surface area contributed by atoms with E-state index in [4.69, 9.17) is 0 Å². The minimum absolute atomic E-state index is 0.186. The number of pyridine rings is 1. The number of thiazole rings is 1. The lowest BCUT2D eigenvalue weighted by Crippen LogP contribution is -2.14. The predicted molar refractivity (Wildman–Crippen MR) is 75.8 cm³/mol. The molecule has 0 aliphatic heterocycles. The van der Waals surface area contributed by atoms with Crippen molar-refractivity contribution in [2.45, 2.75) is 18.8 Å². The van der Waals surface area contributed by atoms with Crippen molar-refractivity contribution in [2.24, 2.45) is 0 Å². The number of carbonyl (C=O) groups is 1.